The molecule has 5 nitrogen and oxygen atoms in total. The molecule has 2 aromatic rings. The normalized spacial score (nSPS) is 11.3. The number of hydrogen-bond acceptors (Lipinski definition) is 3. The number of ether oxygens (including phenoxy) is 2. The van der Waals surface area contributed by atoms with Crippen LogP contribution in [0.25, 0.3) is 0 Å². The van der Waals surface area contributed by atoms with E-state index in [9.17, 15) is 26.7 Å². The Hall–Kier alpha value is -3.04. The number of hydrogen-bond donors (Lipinski definition) is 1. The van der Waals surface area contributed by atoms with Gasteiger partial charge in [0.2, 0.25) is 0 Å². The zero-order valence-corrected chi connectivity index (χ0v) is 15.4. The highest BCUT2D eigenvalue weighted by molar-refractivity contribution is 5.74. The highest BCUT2D eigenvalue weighted by atomic mass is 19.4. The van der Waals surface area contributed by atoms with E-state index in [0.29, 0.717) is 5.56 Å². The number of benzene rings is 2. The van der Waals surface area contributed by atoms with Crippen LogP contribution >= 0.6 is 0 Å². The minimum atomic E-state index is -4.84. The third-order valence-corrected chi connectivity index (χ3v) is 3.67. The monoisotopic (exact) mass is 418 g/mol. The number of alkyl halides is 5. The molecule has 0 bridgehead atoms. The molecule has 0 aliphatic heterocycles. The Morgan fingerprint density at radius 1 is 1.14 bits per heavy atom. The SMILES string of the molecule is CN(Cc1ccccc1OC(F)(F)F)C(=O)NCc1cccc(OCC(F)F)c1. The van der Waals surface area contributed by atoms with Crippen LogP contribution in [-0.2, 0) is 13.1 Å². The van der Waals surface area contributed by atoms with Crippen LogP contribution in [0.15, 0.2) is 48.5 Å². The molecule has 0 saturated carbocycles. The summed E-state index contributed by atoms with van der Waals surface area (Å²) in [6.45, 7) is -0.774. The fourth-order valence-electron chi connectivity index (χ4n) is 2.40. The van der Waals surface area contributed by atoms with Gasteiger partial charge in [-0.2, -0.15) is 0 Å². The lowest BCUT2D eigenvalue weighted by atomic mass is 10.2. The molecule has 2 rings (SSSR count). The summed E-state index contributed by atoms with van der Waals surface area (Å²) in [5, 5.41) is 2.60. The minimum Gasteiger partial charge on any atom is -0.488 e. The maximum absolute atomic E-state index is 12.5. The van der Waals surface area contributed by atoms with Crippen LogP contribution in [0.5, 0.6) is 11.5 Å². The smallest absolute Gasteiger partial charge is 0.488 e. The Kier molecular flexibility index (Phi) is 7.63. The van der Waals surface area contributed by atoms with Crippen LogP contribution < -0.4 is 14.8 Å². The molecule has 1 N–H and O–H groups in total. The first-order valence-electron chi connectivity index (χ1n) is 8.46. The molecule has 0 aliphatic carbocycles. The van der Waals surface area contributed by atoms with Crippen molar-refractivity contribution in [3.63, 3.8) is 0 Å². The largest absolute Gasteiger partial charge is 0.573 e. The zero-order chi connectivity index (χ0) is 21.4. The summed E-state index contributed by atoms with van der Waals surface area (Å²) in [5.41, 5.74) is 0.796. The molecule has 0 saturated heterocycles. The van der Waals surface area contributed by atoms with Gasteiger partial charge in [0, 0.05) is 19.2 Å². The summed E-state index contributed by atoms with van der Waals surface area (Å²) in [6.07, 6.45) is -7.44. The molecular formula is C19H19F5N2O3. The number of urea groups is 1. The van der Waals surface area contributed by atoms with Crippen molar-refractivity contribution in [3.05, 3.63) is 59.7 Å². The summed E-state index contributed by atoms with van der Waals surface area (Å²) in [4.78, 5) is 13.4. The van der Waals surface area contributed by atoms with Crippen LogP contribution in [0.1, 0.15) is 11.1 Å². The topological polar surface area (TPSA) is 50.8 Å². The number of rotatable bonds is 8. The Bertz CT molecular complexity index is 814. The van der Waals surface area contributed by atoms with Gasteiger partial charge in [-0.15, -0.1) is 13.2 Å². The van der Waals surface area contributed by atoms with Gasteiger partial charge < -0.3 is 19.7 Å². The van der Waals surface area contributed by atoms with Gasteiger partial charge in [-0.05, 0) is 23.8 Å². The van der Waals surface area contributed by atoms with E-state index in [4.69, 9.17) is 4.74 Å². The van der Waals surface area contributed by atoms with E-state index in [1.54, 1.807) is 12.1 Å². The molecule has 10 heteroatoms. The average Bonchev–Trinajstić information content (AvgIpc) is 2.65. The number of carbonyl (C=O) groups is 1. The summed E-state index contributed by atoms with van der Waals surface area (Å²) < 4.78 is 70.8. The van der Waals surface area contributed by atoms with Crippen molar-refractivity contribution >= 4 is 6.03 Å². The molecule has 0 spiro atoms. The summed E-state index contributed by atoms with van der Waals surface area (Å²) in [7, 11) is 1.42. The predicted molar refractivity (Wildman–Crippen MR) is 94.8 cm³/mol. The third-order valence-electron chi connectivity index (χ3n) is 3.67. The van der Waals surface area contributed by atoms with E-state index < -0.39 is 25.4 Å². The van der Waals surface area contributed by atoms with Gasteiger partial charge in [0.1, 0.15) is 18.1 Å². The van der Waals surface area contributed by atoms with Crippen LogP contribution in [0, 0.1) is 0 Å². The van der Waals surface area contributed by atoms with Crippen LogP contribution in [0.3, 0.4) is 0 Å². The van der Waals surface area contributed by atoms with Crippen molar-refractivity contribution in [2.75, 3.05) is 13.7 Å². The first-order valence-corrected chi connectivity index (χ1v) is 8.46. The van der Waals surface area contributed by atoms with Crippen molar-refractivity contribution in [1.82, 2.24) is 10.2 Å². The lowest BCUT2D eigenvalue weighted by Crippen LogP contribution is -2.36. The predicted octanol–water partition coefficient (Wildman–Crippen LogP) is 4.57. The molecule has 0 unspecified atom stereocenters. The molecule has 0 heterocycles. The molecule has 0 aromatic heterocycles. The van der Waals surface area contributed by atoms with Crippen molar-refractivity contribution in [3.8, 4) is 11.5 Å². The van der Waals surface area contributed by atoms with Crippen molar-refractivity contribution in [1.29, 1.82) is 0 Å². The molecule has 0 atom stereocenters. The number of carbonyl (C=O) groups excluding carboxylic acids is 1. The lowest BCUT2D eigenvalue weighted by Gasteiger charge is -2.20. The van der Waals surface area contributed by atoms with E-state index in [1.807, 2.05) is 0 Å². The molecule has 29 heavy (non-hydrogen) atoms. The number of amides is 2. The number of halogens is 5. The average molecular weight is 418 g/mol. The zero-order valence-electron chi connectivity index (χ0n) is 15.4. The van der Waals surface area contributed by atoms with Gasteiger partial charge >= 0.3 is 12.4 Å². The molecular weight excluding hydrogens is 399 g/mol. The van der Waals surface area contributed by atoms with Gasteiger partial charge in [-0.25, -0.2) is 13.6 Å². The maximum Gasteiger partial charge on any atom is 0.573 e. The Morgan fingerprint density at radius 3 is 2.55 bits per heavy atom. The molecule has 0 aliphatic rings. The van der Waals surface area contributed by atoms with E-state index in [0.717, 1.165) is 0 Å². The number of nitrogens with zero attached hydrogens (tertiary/aromatic N) is 1. The number of nitrogens with one attached hydrogen (secondary N) is 1. The second kappa shape index (κ2) is 9.94. The minimum absolute atomic E-state index is 0.0791. The number of para-hydroxylation sites is 1. The highest BCUT2D eigenvalue weighted by Gasteiger charge is 2.32. The van der Waals surface area contributed by atoms with Crippen LogP contribution in [0.2, 0.25) is 0 Å². The summed E-state index contributed by atoms with van der Waals surface area (Å²) >= 11 is 0. The third kappa shape index (κ3) is 7.84. The second-order valence-electron chi connectivity index (χ2n) is 6.02. The molecule has 2 amide bonds. The van der Waals surface area contributed by atoms with E-state index in [1.165, 1.54) is 48.3 Å². The van der Waals surface area contributed by atoms with Crippen molar-refractivity contribution in [2.45, 2.75) is 25.9 Å². The van der Waals surface area contributed by atoms with Crippen molar-refractivity contribution in [2.24, 2.45) is 0 Å². The standard InChI is InChI=1S/C19H19F5N2O3/c1-26(11-14-6-2-3-8-16(14)29-19(22,23)24)18(27)25-10-13-5-4-7-15(9-13)28-12-17(20)21/h2-9,17H,10-12H2,1H3,(H,25,27). The fourth-order valence-corrected chi connectivity index (χ4v) is 2.40. The van der Waals surface area contributed by atoms with Crippen molar-refractivity contribution < 1.29 is 36.2 Å². The van der Waals surface area contributed by atoms with Gasteiger partial charge in [-0.3, -0.25) is 0 Å². The lowest BCUT2D eigenvalue weighted by molar-refractivity contribution is -0.275. The Labute approximate surface area is 164 Å². The first-order chi connectivity index (χ1) is 13.6. The van der Waals surface area contributed by atoms with Gasteiger partial charge in [0.05, 0.1) is 6.54 Å². The Balaban J connectivity index is 1.93. The van der Waals surface area contributed by atoms with Gasteiger partial charge in [0.15, 0.2) is 0 Å². The molecule has 0 fully saturated rings. The molecule has 0 radical (unpaired) electrons. The van der Waals surface area contributed by atoms with E-state index >= 15 is 0 Å². The first kappa shape index (κ1) is 22.3. The second-order valence-corrected chi connectivity index (χ2v) is 6.02. The van der Waals surface area contributed by atoms with E-state index in [2.05, 4.69) is 10.1 Å². The highest BCUT2D eigenvalue weighted by Crippen LogP contribution is 2.27. The molecule has 158 valence electrons. The van der Waals surface area contributed by atoms with E-state index in [-0.39, 0.29) is 30.2 Å². The Morgan fingerprint density at radius 2 is 1.86 bits per heavy atom. The summed E-state index contributed by atoms with van der Waals surface area (Å²) in [6, 6.07) is 11.3. The fraction of sp³-hybridized carbons (Fsp3) is 0.316. The van der Waals surface area contributed by atoms with Crippen LogP contribution in [0.4, 0.5) is 26.7 Å². The quantitative estimate of drug-likeness (QED) is 0.639. The van der Waals surface area contributed by atoms with Gasteiger partial charge in [0.25, 0.3) is 6.43 Å². The van der Waals surface area contributed by atoms with Crippen LogP contribution in [-0.4, -0.2) is 37.4 Å². The van der Waals surface area contributed by atoms with Gasteiger partial charge in [-0.1, -0.05) is 30.3 Å². The molecule has 2 aromatic carbocycles. The maximum atomic E-state index is 12.5. The summed E-state index contributed by atoms with van der Waals surface area (Å²) in [5.74, 6) is -0.146.